The summed E-state index contributed by atoms with van der Waals surface area (Å²) in [5.74, 6) is 0.0845. The van der Waals surface area contributed by atoms with Gasteiger partial charge in [0.05, 0.1) is 19.2 Å². The molecule has 6 nitrogen and oxygen atoms in total. The van der Waals surface area contributed by atoms with Crippen molar-refractivity contribution in [3.05, 3.63) is 28.0 Å². The molecule has 0 aromatic carbocycles. The van der Waals surface area contributed by atoms with Crippen LogP contribution >= 0.6 is 0 Å². The highest BCUT2D eigenvalue weighted by molar-refractivity contribution is 5.17. The van der Waals surface area contributed by atoms with Crippen LogP contribution in [0.5, 0.6) is 0 Å². The Kier molecular flexibility index (Phi) is 5.50. The summed E-state index contributed by atoms with van der Waals surface area (Å²) in [6, 6.07) is 2.73. The summed E-state index contributed by atoms with van der Waals surface area (Å²) in [6.45, 7) is 0.203. The van der Waals surface area contributed by atoms with Crippen LogP contribution in [0.25, 0.3) is 0 Å². The molecule has 0 saturated heterocycles. The molecule has 17 heavy (non-hydrogen) atoms. The lowest BCUT2D eigenvalue weighted by Crippen LogP contribution is -2.20. The van der Waals surface area contributed by atoms with Gasteiger partial charge in [0.15, 0.2) is 0 Å². The van der Waals surface area contributed by atoms with Crippen LogP contribution in [0.3, 0.4) is 0 Å². The third-order valence-electron chi connectivity index (χ3n) is 1.79. The number of nitrogens with one attached hydrogen (secondary N) is 1. The van der Waals surface area contributed by atoms with Gasteiger partial charge in [-0.2, -0.15) is 0 Å². The van der Waals surface area contributed by atoms with E-state index in [0.29, 0.717) is 12.3 Å². The number of rotatable bonds is 8. The molecule has 8 heteroatoms. The summed E-state index contributed by atoms with van der Waals surface area (Å²) in [7, 11) is 0. The lowest BCUT2D eigenvalue weighted by atomic mass is 10.4. The standard InChI is InChI=1S/C9H12F2N2O4/c10-8(11)6-16-4-3-12-5-7-1-2-9(17-7)13(14)15/h1-2,8,12H,3-6H2. The Morgan fingerprint density at radius 3 is 2.88 bits per heavy atom. The molecular formula is C9H12F2N2O4. The average molecular weight is 250 g/mol. The maximum absolute atomic E-state index is 11.7. The van der Waals surface area contributed by atoms with E-state index in [2.05, 4.69) is 10.1 Å². The van der Waals surface area contributed by atoms with E-state index >= 15 is 0 Å². The minimum atomic E-state index is -2.47. The van der Waals surface area contributed by atoms with Gasteiger partial charge in [-0.1, -0.05) is 0 Å². The molecule has 1 aromatic rings. The Morgan fingerprint density at radius 2 is 2.29 bits per heavy atom. The Hall–Kier alpha value is -1.54. The van der Waals surface area contributed by atoms with E-state index in [9.17, 15) is 18.9 Å². The molecule has 1 N–H and O–H groups in total. The van der Waals surface area contributed by atoms with E-state index in [-0.39, 0.29) is 19.0 Å². The van der Waals surface area contributed by atoms with Crippen LogP contribution in [0.15, 0.2) is 16.5 Å². The number of alkyl halides is 2. The summed E-state index contributed by atoms with van der Waals surface area (Å²) in [5.41, 5.74) is 0. The van der Waals surface area contributed by atoms with Crippen molar-refractivity contribution >= 4 is 5.88 Å². The van der Waals surface area contributed by atoms with E-state index in [0.717, 1.165) is 0 Å². The Bertz CT molecular complexity index is 357. The number of ether oxygens (including phenoxy) is 1. The first-order valence-corrected chi connectivity index (χ1v) is 4.89. The van der Waals surface area contributed by atoms with E-state index in [1.165, 1.54) is 12.1 Å². The second kappa shape index (κ2) is 6.92. The van der Waals surface area contributed by atoms with Crippen LogP contribution < -0.4 is 5.32 Å². The fourth-order valence-electron chi connectivity index (χ4n) is 1.09. The monoisotopic (exact) mass is 250 g/mol. The van der Waals surface area contributed by atoms with Crippen molar-refractivity contribution in [3.63, 3.8) is 0 Å². The number of halogens is 2. The second-order valence-electron chi connectivity index (χ2n) is 3.14. The molecular weight excluding hydrogens is 238 g/mol. The SMILES string of the molecule is O=[N+]([O-])c1ccc(CNCCOCC(F)F)o1. The highest BCUT2D eigenvalue weighted by Gasteiger charge is 2.10. The van der Waals surface area contributed by atoms with Crippen molar-refractivity contribution < 1.29 is 22.9 Å². The summed E-state index contributed by atoms with van der Waals surface area (Å²) >= 11 is 0. The van der Waals surface area contributed by atoms with Crippen molar-refractivity contribution in [2.24, 2.45) is 0 Å². The average Bonchev–Trinajstić information content (AvgIpc) is 2.71. The first kappa shape index (κ1) is 13.5. The number of nitrogens with zero attached hydrogens (tertiary/aromatic N) is 1. The topological polar surface area (TPSA) is 77.5 Å². The quantitative estimate of drug-likeness (QED) is 0.430. The van der Waals surface area contributed by atoms with Gasteiger partial charge in [0, 0.05) is 6.54 Å². The lowest BCUT2D eigenvalue weighted by Gasteiger charge is -2.03. The van der Waals surface area contributed by atoms with Gasteiger partial charge in [-0.25, -0.2) is 8.78 Å². The smallest absolute Gasteiger partial charge is 0.404 e. The fourth-order valence-corrected chi connectivity index (χ4v) is 1.09. The molecule has 1 rings (SSSR count). The van der Waals surface area contributed by atoms with Crippen LogP contribution in [0.1, 0.15) is 5.76 Å². The third-order valence-corrected chi connectivity index (χ3v) is 1.79. The number of hydrogen-bond donors (Lipinski definition) is 1. The predicted octanol–water partition coefficient (Wildman–Crippen LogP) is 1.56. The maximum Gasteiger partial charge on any atom is 0.433 e. The lowest BCUT2D eigenvalue weighted by molar-refractivity contribution is -0.402. The van der Waals surface area contributed by atoms with E-state index in [1.54, 1.807) is 0 Å². The van der Waals surface area contributed by atoms with Gasteiger partial charge in [0.2, 0.25) is 0 Å². The maximum atomic E-state index is 11.7. The molecule has 96 valence electrons. The van der Waals surface area contributed by atoms with Crippen LogP contribution in [-0.2, 0) is 11.3 Å². The molecule has 0 bridgehead atoms. The molecule has 0 aliphatic carbocycles. The van der Waals surface area contributed by atoms with E-state index in [1.807, 2.05) is 0 Å². The van der Waals surface area contributed by atoms with Gasteiger partial charge in [-0.3, -0.25) is 10.1 Å². The van der Waals surface area contributed by atoms with Crippen molar-refractivity contribution in [1.82, 2.24) is 5.32 Å². The summed E-state index contributed by atoms with van der Waals surface area (Å²) in [6.07, 6.45) is -2.47. The normalized spacial score (nSPS) is 11.0. The molecule has 0 radical (unpaired) electrons. The highest BCUT2D eigenvalue weighted by Crippen LogP contribution is 2.14. The Balaban J connectivity index is 2.11. The zero-order valence-electron chi connectivity index (χ0n) is 8.90. The van der Waals surface area contributed by atoms with E-state index in [4.69, 9.17) is 4.42 Å². The fraction of sp³-hybridized carbons (Fsp3) is 0.556. The van der Waals surface area contributed by atoms with Crippen LogP contribution in [0, 0.1) is 10.1 Å². The Labute approximate surface area is 95.7 Å². The van der Waals surface area contributed by atoms with Crippen molar-refractivity contribution in [3.8, 4) is 0 Å². The third kappa shape index (κ3) is 5.36. The zero-order valence-corrected chi connectivity index (χ0v) is 8.90. The summed E-state index contributed by atoms with van der Waals surface area (Å²) in [4.78, 5) is 9.66. The molecule has 1 heterocycles. The summed E-state index contributed by atoms with van der Waals surface area (Å²) < 4.78 is 32.8. The zero-order chi connectivity index (χ0) is 12.7. The van der Waals surface area contributed by atoms with Gasteiger partial charge >= 0.3 is 5.88 Å². The molecule has 0 unspecified atom stereocenters. The van der Waals surface area contributed by atoms with Gasteiger partial charge in [-0.15, -0.1) is 0 Å². The van der Waals surface area contributed by atoms with Gasteiger partial charge in [-0.05, 0) is 6.07 Å². The second-order valence-corrected chi connectivity index (χ2v) is 3.14. The highest BCUT2D eigenvalue weighted by atomic mass is 19.3. The van der Waals surface area contributed by atoms with Crippen LogP contribution in [0.2, 0.25) is 0 Å². The molecule has 0 saturated carbocycles. The molecule has 0 atom stereocenters. The minimum absolute atomic E-state index is 0.146. The molecule has 0 aliphatic rings. The Morgan fingerprint density at radius 1 is 1.53 bits per heavy atom. The number of hydrogen-bond acceptors (Lipinski definition) is 5. The predicted molar refractivity (Wildman–Crippen MR) is 53.9 cm³/mol. The molecule has 0 aliphatic heterocycles. The van der Waals surface area contributed by atoms with Gasteiger partial charge < -0.3 is 14.5 Å². The van der Waals surface area contributed by atoms with Crippen molar-refractivity contribution in [2.75, 3.05) is 19.8 Å². The molecule has 0 amide bonds. The van der Waals surface area contributed by atoms with E-state index < -0.39 is 18.0 Å². The molecule has 1 aromatic heterocycles. The first-order valence-electron chi connectivity index (χ1n) is 4.89. The molecule has 0 spiro atoms. The van der Waals surface area contributed by atoms with Gasteiger partial charge in [0.1, 0.15) is 17.3 Å². The minimum Gasteiger partial charge on any atom is -0.404 e. The summed E-state index contributed by atoms with van der Waals surface area (Å²) in [5, 5.41) is 13.1. The largest absolute Gasteiger partial charge is 0.433 e. The van der Waals surface area contributed by atoms with Gasteiger partial charge in [0.25, 0.3) is 6.43 Å². The first-order chi connectivity index (χ1) is 8.09. The number of nitro groups is 1. The van der Waals surface area contributed by atoms with Crippen molar-refractivity contribution in [1.29, 1.82) is 0 Å². The molecule has 0 fully saturated rings. The van der Waals surface area contributed by atoms with Crippen molar-refractivity contribution in [2.45, 2.75) is 13.0 Å². The van der Waals surface area contributed by atoms with Crippen LogP contribution in [-0.4, -0.2) is 31.1 Å². The van der Waals surface area contributed by atoms with Crippen LogP contribution in [0.4, 0.5) is 14.7 Å². The number of furan rings is 1.